The van der Waals surface area contributed by atoms with Gasteiger partial charge in [0.25, 0.3) is 0 Å². The summed E-state index contributed by atoms with van der Waals surface area (Å²) in [5.74, 6) is -0.275. The highest BCUT2D eigenvalue weighted by atomic mass is 35.5. The highest BCUT2D eigenvalue weighted by Gasteiger charge is 2.16. The summed E-state index contributed by atoms with van der Waals surface area (Å²) in [6.45, 7) is 5.76. The topological polar surface area (TPSA) is 32.3 Å². The summed E-state index contributed by atoms with van der Waals surface area (Å²) in [5.41, 5.74) is 0.725. The van der Waals surface area contributed by atoms with Crippen LogP contribution in [0.2, 0.25) is 5.02 Å². The molecular weight excluding hydrogens is 253 g/mol. The third-order valence-electron chi connectivity index (χ3n) is 2.95. The highest BCUT2D eigenvalue weighted by molar-refractivity contribution is 6.30. The third-order valence-corrected chi connectivity index (χ3v) is 3.18. The number of hydrogen-bond acceptors (Lipinski definition) is 2. The Balaban J connectivity index is 2.41. The predicted octanol–water partition coefficient (Wildman–Crippen LogP) is 3.37. The van der Waals surface area contributed by atoms with Gasteiger partial charge in [-0.05, 0) is 30.4 Å². The van der Waals surface area contributed by atoms with Crippen molar-refractivity contribution >= 4 is 11.6 Å². The molecule has 18 heavy (non-hydrogen) atoms. The second-order valence-corrected chi connectivity index (χ2v) is 5.77. The molecule has 0 amide bonds. The molecule has 0 bridgehead atoms. The number of aliphatic hydroxyl groups is 1. The molecule has 2 N–H and O–H groups in total. The van der Waals surface area contributed by atoms with Crippen molar-refractivity contribution < 1.29 is 9.50 Å². The molecule has 0 fully saturated rings. The number of rotatable bonds is 7. The fraction of sp³-hybridized carbons (Fsp3) is 0.571. The average molecular weight is 274 g/mol. The fourth-order valence-electron chi connectivity index (χ4n) is 1.85. The van der Waals surface area contributed by atoms with Gasteiger partial charge in [-0.3, -0.25) is 0 Å². The monoisotopic (exact) mass is 273 g/mol. The van der Waals surface area contributed by atoms with Gasteiger partial charge >= 0.3 is 0 Å². The van der Waals surface area contributed by atoms with Crippen molar-refractivity contribution in [1.82, 2.24) is 5.32 Å². The molecule has 0 aromatic heterocycles. The molecule has 0 radical (unpaired) electrons. The largest absolute Gasteiger partial charge is 0.396 e. The lowest BCUT2D eigenvalue weighted by atomic mass is 9.88. The highest BCUT2D eigenvalue weighted by Crippen LogP contribution is 2.21. The first-order valence-electron chi connectivity index (χ1n) is 6.20. The predicted molar refractivity (Wildman–Crippen MR) is 73.2 cm³/mol. The normalized spacial score (nSPS) is 11.8. The quantitative estimate of drug-likeness (QED) is 0.798. The second-order valence-electron chi connectivity index (χ2n) is 5.33. The van der Waals surface area contributed by atoms with Crippen molar-refractivity contribution in [2.45, 2.75) is 33.2 Å². The minimum Gasteiger partial charge on any atom is -0.396 e. The first-order valence-corrected chi connectivity index (χ1v) is 6.58. The minimum atomic E-state index is -0.275. The maximum atomic E-state index is 13.5. The number of nitrogens with one attached hydrogen (secondary N) is 1. The van der Waals surface area contributed by atoms with E-state index < -0.39 is 0 Å². The lowest BCUT2D eigenvalue weighted by Gasteiger charge is -2.24. The number of hydrogen-bond donors (Lipinski definition) is 2. The number of aliphatic hydroxyl groups excluding tert-OH is 1. The molecule has 0 heterocycles. The van der Waals surface area contributed by atoms with Gasteiger partial charge in [0.05, 0.1) is 0 Å². The van der Waals surface area contributed by atoms with E-state index in [1.807, 2.05) is 0 Å². The Hall–Kier alpha value is -0.640. The first kappa shape index (κ1) is 15.4. The molecule has 0 aliphatic carbocycles. The van der Waals surface area contributed by atoms with Crippen LogP contribution in [0.5, 0.6) is 0 Å². The zero-order valence-electron chi connectivity index (χ0n) is 11.0. The van der Waals surface area contributed by atoms with Gasteiger partial charge in [-0.25, -0.2) is 4.39 Å². The van der Waals surface area contributed by atoms with Gasteiger partial charge in [0.15, 0.2) is 0 Å². The van der Waals surface area contributed by atoms with Gasteiger partial charge in [0, 0.05) is 30.3 Å². The van der Waals surface area contributed by atoms with E-state index in [4.69, 9.17) is 16.7 Å². The lowest BCUT2D eigenvalue weighted by molar-refractivity contribution is 0.236. The van der Waals surface area contributed by atoms with Gasteiger partial charge in [-0.1, -0.05) is 31.5 Å². The summed E-state index contributed by atoms with van der Waals surface area (Å²) in [6, 6.07) is 4.72. The summed E-state index contributed by atoms with van der Waals surface area (Å²) >= 11 is 5.70. The van der Waals surface area contributed by atoms with Crippen LogP contribution in [0.1, 0.15) is 32.3 Å². The SMILES string of the molecule is CC(C)(CCCO)CNCc1ccc(Cl)cc1F. The van der Waals surface area contributed by atoms with Crippen molar-refractivity contribution in [2.24, 2.45) is 5.41 Å². The zero-order chi connectivity index (χ0) is 13.6. The van der Waals surface area contributed by atoms with E-state index in [2.05, 4.69) is 19.2 Å². The molecule has 0 spiro atoms. The van der Waals surface area contributed by atoms with E-state index in [1.165, 1.54) is 6.07 Å². The molecular formula is C14H21ClFNO. The summed E-state index contributed by atoms with van der Waals surface area (Å²) < 4.78 is 13.5. The van der Waals surface area contributed by atoms with Crippen LogP contribution >= 0.6 is 11.6 Å². The molecule has 0 saturated carbocycles. The summed E-state index contributed by atoms with van der Waals surface area (Å²) in [6.07, 6.45) is 1.74. The minimum absolute atomic E-state index is 0.103. The van der Waals surface area contributed by atoms with Crippen molar-refractivity contribution in [3.63, 3.8) is 0 Å². The van der Waals surface area contributed by atoms with Crippen molar-refractivity contribution in [3.05, 3.63) is 34.6 Å². The Morgan fingerprint density at radius 3 is 2.72 bits per heavy atom. The van der Waals surface area contributed by atoms with Gasteiger partial charge in [0.1, 0.15) is 5.82 Å². The number of benzene rings is 1. The smallest absolute Gasteiger partial charge is 0.129 e. The van der Waals surface area contributed by atoms with Crippen LogP contribution in [-0.2, 0) is 6.54 Å². The van der Waals surface area contributed by atoms with E-state index >= 15 is 0 Å². The first-order chi connectivity index (χ1) is 8.44. The van der Waals surface area contributed by atoms with Crippen LogP contribution < -0.4 is 5.32 Å². The zero-order valence-corrected chi connectivity index (χ0v) is 11.7. The molecule has 1 aromatic carbocycles. The van der Waals surface area contributed by atoms with Crippen LogP contribution in [-0.4, -0.2) is 18.3 Å². The van der Waals surface area contributed by atoms with E-state index in [0.29, 0.717) is 17.1 Å². The van der Waals surface area contributed by atoms with Crippen molar-refractivity contribution in [1.29, 1.82) is 0 Å². The molecule has 0 saturated heterocycles. The molecule has 0 aliphatic rings. The van der Waals surface area contributed by atoms with Crippen LogP contribution in [0.15, 0.2) is 18.2 Å². The standard InChI is InChI=1S/C14H21ClFNO/c1-14(2,6-3-7-18)10-17-9-11-4-5-12(15)8-13(11)16/h4-5,8,17-18H,3,6-7,9-10H2,1-2H3. The Morgan fingerprint density at radius 2 is 2.11 bits per heavy atom. The van der Waals surface area contributed by atoms with E-state index in [1.54, 1.807) is 12.1 Å². The van der Waals surface area contributed by atoms with E-state index in [0.717, 1.165) is 19.4 Å². The maximum Gasteiger partial charge on any atom is 0.129 e. The van der Waals surface area contributed by atoms with Crippen LogP contribution in [0.25, 0.3) is 0 Å². The second kappa shape index (κ2) is 7.07. The molecule has 2 nitrogen and oxygen atoms in total. The Kier molecular flexibility index (Phi) is 6.06. The van der Waals surface area contributed by atoms with Crippen LogP contribution in [0.4, 0.5) is 4.39 Å². The van der Waals surface area contributed by atoms with Crippen molar-refractivity contribution in [2.75, 3.05) is 13.2 Å². The number of halogens is 2. The third kappa shape index (κ3) is 5.34. The lowest BCUT2D eigenvalue weighted by Crippen LogP contribution is -2.29. The molecule has 0 unspecified atom stereocenters. The molecule has 102 valence electrons. The fourth-order valence-corrected chi connectivity index (χ4v) is 2.01. The summed E-state index contributed by atoms with van der Waals surface area (Å²) in [4.78, 5) is 0. The molecule has 4 heteroatoms. The summed E-state index contributed by atoms with van der Waals surface area (Å²) in [7, 11) is 0. The van der Waals surface area contributed by atoms with E-state index in [9.17, 15) is 4.39 Å². The average Bonchev–Trinajstić information content (AvgIpc) is 2.29. The molecule has 1 aromatic rings. The van der Waals surface area contributed by atoms with Gasteiger partial charge in [-0.2, -0.15) is 0 Å². The van der Waals surface area contributed by atoms with Gasteiger partial charge in [0.2, 0.25) is 0 Å². The Labute approximate surface area is 113 Å². The van der Waals surface area contributed by atoms with Gasteiger partial charge < -0.3 is 10.4 Å². The van der Waals surface area contributed by atoms with Crippen LogP contribution in [0, 0.1) is 11.2 Å². The summed E-state index contributed by atoms with van der Waals surface area (Å²) in [5, 5.41) is 12.5. The van der Waals surface area contributed by atoms with Crippen molar-refractivity contribution in [3.8, 4) is 0 Å². The molecule has 0 atom stereocenters. The van der Waals surface area contributed by atoms with Gasteiger partial charge in [-0.15, -0.1) is 0 Å². The Morgan fingerprint density at radius 1 is 1.39 bits per heavy atom. The van der Waals surface area contributed by atoms with Crippen LogP contribution in [0.3, 0.4) is 0 Å². The Bertz CT molecular complexity index is 382. The van der Waals surface area contributed by atoms with E-state index in [-0.39, 0.29) is 17.8 Å². The molecule has 1 rings (SSSR count). The maximum absolute atomic E-state index is 13.5. The molecule has 0 aliphatic heterocycles.